The minimum atomic E-state index is 0.792. The van der Waals surface area contributed by atoms with Crippen LogP contribution in [0.15, 0.2) is 60.9 Å². The Labute approximate surface area is 271 Å². The van der Waals surface area contributed by atoms with Crippen LogP contribution in [-0.4, -0.2) is 64.6 Å². The molecule has 2 fully saturated rings. The highest BCUT2D eigenvalue weighted by molar-refractivity contribution is 5.80. The molecule has 46 heavy (non-hydrogen) atoms. The molecule has 2 aliphatic rings. The standard InChI is InChI=1S/C38H42N4O4/c1-43-35-25-33(41-17-5-6-18-41)37(45-3)23-29(35)11-9-27-13-15-39-31(21-27)32-22-28(14-16-40-32)10-12-30-24-38(46-4)34(26-36(30)44-2)42-19-7-8-20-42/h9-16,21-26H,5-8,17-20H2,1-4H3/b11-9+,12-10+. The third-order valence-electron chi connectivity index (χ3n) is 8.70. The van der Waals surface area contributed by atoms with Crippen molar-refractivity contribution < 1.29 is 18.9 Å². The molecule has 0 unspecified atom stereocenters. The highest BCUT2D eigenvalue weighted by Gasteiger charge is 2.20. The number of anilines is 2. The average Bonchev–Trinajstić information content (AvgIpc) is 3.85. The topological polar surface area (TPSA) is 69.2 Å². The molecule has 4 heterocycles. The minimum absolute atomic E-state index is 0.792. The van der Waals surface area contributed by atoms with Crippen LogP contribution in [-0.2, 0) is 0 Å². The maximum absolute atomic E-state index is 5.77. The first-order valence-electron chi connectivity index (χ1n) is 15.9. The second-order valence-corrected chi connectivity index (χ2v) is 11.5. The van der Waals surface area contributed by atoms with Crippen LogP contribution < -0.4 is 28.7 Å². The van der Waals surface area contributed by atoms with E-state index in [4.69, 9.17) is 18.9 Å². The Morgan fingerprint density at radius 3 is 1.26 bits per heavy atom. The van der Waals surface area contributed by atoms with Crippen molar-refractivity contribution >= 4 is 35.7 Å². The van der Waals surface area contributed by atoms with Crippen molar-refractivity contribution in [3.8, 4) is 34.4 Å². The Morgan fingerprint density at radius 1 is 0.500 bits per heavy atom. The molecule has 2 saturated heterocycles. The molecule has 8 heteroatoms. The number of pyridine rings is 2. The molecule has 0 amide bonds. The number of hydrogen-bond acceptors (Lipinski definition) is 8. The predicted molar refractivity (Wildman–Crippen MR) is 187 cm³/mol. The number of hydrogen-bond donors (Lipinski definition) is 0. The van der Waals surface area contributed by atoms with E-state index < -0.39 is 0 Å². The number of rotatable bonds is 11. The van der Waals surface area contributed by atoms with Gasteiger partial charge in [-0.25, -0.2) is 0 Å². The summed E-state index contributed by atoms with van der Waals surface area (Å²) in [6.45, 7) is 4.14. The van der Waals surface area contributed by atoms with Gasteiger partial charge in [0.2, 0.25) is 0 Å². The van der Waals surface area contributed by atoms with Gasteiger partial charge in [-0.1, -0.05) is 24.3 Å². The van der Waals surface area contributed by atoms with Crippen LogP contribution in [0.4, 0.5) is 11.4 Å². The lowest BCUT2D eigenvalue weighted by Gasteiger charge is -2.22. The third kappa shape index (κ3) is 6.81. The summed E-state index contributed by atoms with van der Waals surface area (Å²) in [4.78, 5) is 14.0. The van der Waals surface area contributed by atoms with Gasteiger partial charge in [0.25, 0.3) is 0 Å². The van der Waals surface area contributed by atoms with E-state index in [2.05, 4.69) is 56.2 Å². The molecule has 2 aromatic heterocycles. The van der Waals surface area contributed by atoms with Crippen molar-refractivity contribution in [2.75, 3.05) is 64.4 Å². The molecule has 8 nitrogen and oxygen atoms in total. The van der Waals surface area contributed by atoms with Crippen LogP contribution in [0.2, 0.25) is 0 Å². The second kappa shape index (κ2) is 14.4. The van der Waals surface area contributed by atoms with Crippen LogP contribution >= 0.6 is 0 Å². The molecule has 4 aromatic rings. The van der Waals surface area contributed by atoms with E-state index in [9.17, 15) is 0 Å². The van der Waals surface area contributed by atoms with Gasteiger partial charge in [0.15, 0.2) is 0 Å². The zero-order valence-electron chi connectivity index (χ0n) is 27.2. The van der Waals surface area contributed by atoms with Crippen molar-refractivity contribution in [2.24, 2.45) is 0 Å². The SMILES string of the molecule is COc1cc(N2CCCC2)c(OC)cc1/C=C/c1ccnc(-c2cc(/C=C/c3cc(OC)c(N4CCCC4)cc3OC)ccn2)c1. The van der Waals surface area contributed by atoms with E-state index in [1.807, 2.05) is 48.8 Å². The first-order chi connectivity index (χ1) is 22.6. The molecular weight excluding hydrogens is 576 g/mol. The normalized spacial score (nSPS) is 14.9. The van der Waals surface area contributed by atoms with Gasteiger partial charge in [-0.05, 0) is 73.2 Å². The molecule has 0 bridgehead atoms. The Morgan fingerprint density at radius 2 is 0.891 bits per heavy atom. The number of benzene rings is 2. The van der Waals surface area contributed by atoms with Gasteiger partial charge >= 0.3 is 0 Å². The molecule has 0 saturated carbocycles. The molecule has 0 atom stereocenters. The molecule has 0 N–H and O–H groups in total. The monoisotopic (exact) mass is 618 g/mol. The van der Waals surface area contributed by atoms with Gasteiger partial charge in [0.05, 0.1) is 51.2 Å². The van der Waals surface area contributed by atoms with E-state index in [-0.39, 0.29) is 0 Å². The first-order valence-corrected chi connectivity index (χ1v) is 15.9. The molecule has 2 aromatic carbocycles. The molecular formula is C38H42N4O4. The van der Waals surface area contributed by atoms with E-state index in [1.165, 1.54) is 25.7 Å². The Balaban J connectivity index is 1.23. The average molecular weight is 619 g/mol. The van der Waals surface area contributed by atoms with Crippen LogP contribution in [0.5, 0.6) is 23.0 Å². The van der Waals surface area contributed by atoms with E-state index >= 15 is 0 Å². The minimum Gasteiger partial charge on any atom is -0.496 e. The quantitative estimate of drug-likeness (QED) is 0.169. The van der Waals surface area contributed by atoms with Crippen LogP contribution in [0.3, 0.4) is 0 Å². The van der Waals surface area contributed by atoms with E-state index in [1.54, 1.807) is 28.4 Å². The Kier molecular flexibility index (Phi) is 9.72. The second-order valence-electron chi connectivity index (χ2n) is 11.5. The summed E-state index contributed by atoms with van der Waals surface area (Å²) in [5.41, 5.74) is 7.66. The maximum atomic E-state index is 5.77. The summed E-state index contributed by atoms with van der Waals surface area (Å²) in [5.74, 6) is 3.33. The van der Waals surface area contributed by atoms with Crippen LogP contribution in [0.25, 0.3) is 35.7 Å². The van der Waals surface area contributed by atoms with Crippen molar-refractivity contribution in [1.29, 1.82) is 0 Å². The molecule has 2 aliphatic heterocycles. The van der Waals surface area contributed by atoms with Gasteiger partial charge in [0, 0.05) is 61.8 Å². The Bertz CT molecular complexity index is 1600. The Hall–Kier alpha value is -4.98. The number of methoxy groups -OCH3 is 4. The van der Waals surface area contributed by atoms with Gasteiger partial charge < -0.3 is 28.7 Å². The lowest BCUT2D eigenvalue weighted by molar-refractivity contribution is 0.402. The first kappa shape index (κ1) is 31.0. The van der Waals surface area contributed by atoms with Crippen molar-refractivity contribution in [1.82, 2.24) is 9.97 Å². The fraction of sp³-hybridized carbons (Fsp3) is 0.316. The summed E-state index contributed by atoms with van der Waals surface area (Å²) in [6.07, 6.45) is 16.6. The highest BCUT2D eigenvalue weighted by Crippen LogP contribution is 2.39. The molecule has 6 rings (SSSR count). The smallest absolute Gasteiger partial charge is 0.143 e. The van der Waals surface area contributed by atoms with Gasteiger partial charge in [-0.2, -0.15) is 0 Å². The predicted octanol–water partition coefficient (Wildman–Crippen LogP) is 7.72. The fourth-order valence-electron chi connectivity index (χ4n) is 6.23. The zero-order valence-corrected chi connectivity index (χ0v) is 27.2. The summed E-state index contributed by atoms with van der Waals surface area (Å²) in [6, 6.07) is 16.3. The van der Waals surface area contributed by atoms with Crippen LogP contribution in [0, 0.1) is 0 Å². The lowest BCUT2D eigenvalue weighted by atomic mass is 10.1. The molecule has 0 radical (unpaired) electrons. The van der Waals surface area contributed by atoms with Crippen molar-refractivity contribution in [2.45, 2.75) is 25.7 Å². The molecule has 0 aliphatic carbocycles. The largest absolute Gasteiger partial charge is 0.496 e. The van der Waals surface area contributed by atoms with E-state index in [0.717, 1.165) is 94.2 Å². The third-order valence-corrected chi connectivity index (χ3v) is 8.70. The number of ether oxygens (including phenoxy) is 4. The molecule has 0 spiro atoms. The summed E-state index contributed by atoms with van der Waals surface area (Å²) >= 11 is 0. The van der Waals surface area contributed by atoms with Gasteiger partial charge in [0.1, 0.15) is 23.0 Å². The van der Waals surface area contributed by atoms with E-state index in [0.29, 0.717) is 0 Å². The summed E-state index contributed by atoms with van der Waals surface area (Å²) < 4.78 is 23.1. The summed E-state index contributed by atoms with van der Waals surface area (Å²) in [5, 5.41) is 0. The van der Waals surface area contributed by atoms with Crippen LogP contribution in [0.1, 0.15) is 47.9 Å². The number of aromatic nitrogens is 2. The number of nitrogens with zero attached hydrogens (tertiary/aromatic N) is 4. The fourth-order valence-corrected chi connectivity index (χ4v) is 6.23. The lowest BCUT2D eigenvalue weighted by Crippen LogP contribution is -2.18. The zero-order chi connectivity index (χ0) is 31.9. The summed E-state index contributed by atoms with van der Waals surface area (Å²) in [7, 11) is 6.86. The van der Waals surface area contributed by atoms with Crippen molar-refractivity contribution in [3.63, 3.8) is 0 Å². The van der Waals surface area contributed by atoms with Gasteiger partial charge in [-0.3, -0.25) is 9.97 Å². The van der Waals surface area contributed by atoms with Crippen molar-refractivity contribution in [3.05, 3.63) is 83.2 Å². The molecule has 238 valence electrons. The van der Waals surface area contributed by atoms with Gasteiger partial charge in [-0.15, -0.1) is 0 Å². The highest BCUT2D eigenvalue weighted by atomic mass is 16.5. The maximum Gasteiger partial charge on any atom is 0.143 e.